The molecule has 0 aromatic heterocycles. The van der Waals surface area contributed by atoms with Gasteiger partial charge in [-0.15, -0.1) is 0 Å². The third-order valence-electron chi connectivity index (χ3n) is 4.07. The van der Waals surface area contributed by atoms with Crippen molar-refractivity contribution in [3.63, 3.8) is 0 Å². The number of hydrogen-bond donors (Lipinski definition) is 4. The molecule has 0 saturated carbocycles. The van der Waals surface area contributed by atoms with E-state index in [0.717, 1.165) is 12.8 Å². The molecule has 0 unspecified atom stereocenters. The van der Waals surface area contributed by atoms with Crippen molar-refractivity contribution in [3.05, 3.63) is 0 Å². The topological polar surface area (TPSA) is 169 Å². The summed E-state index contributed by atoms with van der Waals surface area (Å²) >= 11 is 0. The highest BCUT2D eigenvalue weighted by Gasteiger charge is 2.03. The van der Waals surface area contributed by atoms with Crippen LogP contribution >= 0.6 is 0 Å². The van der Waals surface area contributed by atoms with Gasteiger partial charge in [-0.25, -0.2) is 0 Å². The van der Waals surface area contributed by atoms with Crippen molar-refractivity contribution in [3.8, 4) is 0 Å². The highest BCUT2D eigenvalue weighted by Crippen LogP contribution is 1.85. The smallest absolute Gasteiger partial charge is 0.246 e. The lowest BCUT2D eigenvalue weighted by Crippen LogP contribution is -2.32. The zero-order valence-corrected chi connectivity index (χ0v) is 21.0. The van der Waals surface area contributed by atoms with Crippen LogP contribution in [0.15, 0.2) is 0 Å². The SMILES string of the molecule is CCCCNC(=O)COCCOCCNC(=O)COCCOCCNC(=O)COCCOCCN. The first-order valence-electron chi connectivity index (χ1n) is 12.1. The van der Waals surface area contributed by atoms with Crippen LogP contribution in [0.4, 0.5) is 0 Å². The van der Waals surface area contributed by atoms with Crippen molar-refractivity contribution < 1.29 is 42.8 Å². The van der Waals surface area contributed by atoms with Crippen LogP contribution < -0.4 is 21.7 Å². The van der Waals surface area contributed by atoms with E-state index in [1.807, 2.05) is 0 Å². The molecule has 0 aromatic carbocycles. The Bertz CT molecular complexity index is 527. The van der Waals surface area contributed by atoms with Gasteiger partial charge in [0.1, 0.15) is 19.8 Å². The van der Waals surface area contributed by atoms with Crippen molar-refractivity contribution in [2.24, 2.45) is 5.73 Å². The molecule has 0 saturated heterocycles. The molecule has 3 amide bonds. The van der Waals surface area contributed by atoms with Gasteiger partial charge < -0.3 is 50.1 Å². The lowest BCUT2D eigenvalue weighted by molar-refractivity contribution is -0.127. The molecular weight excluding hydrogens is 464 g/mol. The quantitative estimate of drug-likeness (QED) is 0.0978. The number of nitrogens with one attached hydrogen (secondary N) is 3. The Morgan fingerprint density at radius 2 is 0.914 bits per heavy atom. The minimum Gasteiger partial charge on any atom is -0.378 e. The molecule has 0 bridgehead atoms. The second-order valence-electron chi connectivity index (χ2n) is 7.19. The minimum atomic E-state index is -0.255. The van der Waals surface area contributed by atoms with Gasteiger partial charge in [0.15, 0.2) is 0 Å². The first-order chi connectivity index (χ1) is 17.1. The normalized spacial score (nSPS) is 10.8. The minimum absolute atomic E-state index is 0.0148. The van der Waals surface area contributed by atoms with E-state index < -0.39 is 0 Å². The van der Waals surface area contributed by atoms with Gasteiger partial charge in [0.05, 0.1) is 59.5 Å². The first-order valence-corrected chi connectivity index (χ1v) is 12.1. The van der Waals surface area contributed by atoms with Crippen molar-refractivity contribution in [1.29, 1.82) is 0 Å². The summed E-state index contributed by atoms with van der Waals surface area (Å²) in [6, 6.07) is 0. The molecule has 0 spiro atoms. The first kappa shape index (κ1) is 33.1. The van der Waals surface area contributed by atoms with Crippen LogP contribution in [0.5, 0.6) is 0 Å². The molecule has 0 fully saturated rings. The van der Waals surface area contributed by atoms with Gasteiger partial charge >= 0.3 is 0 Å². The van der Waals surface area contributed by atoms with Gasteiger partial charge in [-0.2, -0.15) is 0 Å². The van der Waals surface area contributed by atoms with Gasteiger partial charge in [-0.05, 0) is 6.42 Å². The highest BCUT2D eigenvalue weighted by molar-refractivity contribution is 5.77. The number of ether oxygens (including phenoxy) is 6. The maximum atomic E-state index is 11.7. The van der Waals surface area contributed by atoms with Crippen LogP contribution in [0.25, 0.3) is 0 Å². The number of rotatable bonds is 26. The summed E-state index contributed by atoms with van der Waals surface area (Å²) in [6.45, 7) is 6.82. The molecule has 0 aliphatic heterocycles. The molecule has 13 heteroatoms. The van der Waals surface area contributed by atoms with Gasteiger partial charge in [0, 0.05) is 26.2 Å². The van der Waals surface area contributed by atoms with E-state index in [-0.39, 0.29) is 44.1 Å². The van der Waals surface area contributed by atoms with Gasteiger partial charge in [0.2, 0.25) is 17.7 Å². The molecule has 5 N–H and O–H groups in total. The van der Waals surface area contributed by atoms with E-state index in [2.05, 4.69) is 22.9 Å². The molecule has 35 heavy (non-hydrogen) atoms. The zero-order chi connectivity index (χ0) is 25.8. The van der Waals surface area contributed by atoms with Crippen LogP contribution in [0, 0.1) is 0 Å². The third kappa shape index (κ3) is 26.6. The van der Waals surface area contributed by atoms with E-state index in [9.17, 15) is 14.4 Å². The van der Waals surface area contributed by atoms with Crippen LogP contribution in [0.1, 0.15) is 19.8 Å². The number of amides is 3. The number of carbonyl (C=O) groups excluding carboxylic acids is 3. The fourth-order valence-electron chi connectivity index (χ4n) is 2.32. The van der Waals surface area contributed by atoms with Gasteiger partial charge in [-0.3, -0.25) is 14.4 Å². The summed E-state index contributed by atoms with van der Waals surface area (Å²) in [5, 5.41) is 8.09. The molecule has 0 aliphatic carbocycles. The molecule has 0 rings (SSSR count). The van der Waals surface area contributed by atoms with E-state index in [1.165, 1.54) is 0 Å². The number of hydrogen-bond acceptors (Lipinski definition) is 10. The van der Waals surface area contributed by atoms with Crippen LogP contribution in [-0.4, -0.2) is 123 Å². The third-order valence-corrected chi connectivity index (χ3v) is 4.07. The maximum Gasteiger partial charge on any atom is 0.246 e. The van der Waals surface area contributed by atoms with E-state index in [1.54, 1.807) is 0 Å². The van der Waals surface area contributed by atoms with Crippen molar-refractivity contribution in [1.82, 2.24) is 16.0 Å². The Morgan fingerprint density at radius 1 is 0.543 bits per heavy atom. The van der Waals surface area contributed by atoms with Crippen LogP contribution in [0.2, 0.25) is 0 Å². The highest BCUT2D eigenvalue weighted by atomic mass is 16.5. The molecule has 0 aliphatic rings. The summed E-state index contributed by atoms with van der Waals surface area (Å²) in [4.78, 5) is 34.6. The fourth-order valence-corrected chi connectivity index (χ4v) is 2.32. The average molecular weight is 509 g/mol. The fraction of sp³-hybridized carbons (Fsp3) is 0.864. The Balaban J connectivity index is 3.31. The summed E-state index contributed by atoms with van der Waals surface area (Å²) in [5.41, 5.74) is 5.28. The molecular formula is C22H44N4O9. The molecule has 0 aromatic rings. The van der Waals surface area contributed by atoms with Gasteiger partial charge in [0.25, 0.3) is 0 Å². The Morgan fingerprint density at radius 3 is 1.31 bits per heavy atom. The predicted octanol–water partition coefficient (Wildman–Crippen LogP) is -1.81. The van der Waals surface area contributed by atoms with Crippen molar-refractivity contribution >= 4 is 17.7 Å². The van der Waals surface area contributed by atoms with Crippen LogP contribution in [0.3, 0.4) is 0 Å². The zero-order valence-electron chi connectivity index (χ0n) is 21.0. The molecule has 0 radical (unpaired) electrons. The largest absolute Gasteiger partial charge is 0.378 e. The number of carbonyl (C=O) groups is 3. The molecule has 0 heterocycles. The summed E-state index contributed by atoms with van der Waals surface area (Å²) in [6.07, 6.45) is 1.98. The van der Waals surface area contributed by atoms with E-state index in [0.29, 0.717) is 79.0 Å². The van der Waals surface area contributed by atoms with Crippen molar-refractivity contribution in [2.75, 3.05) is 105 Å². The summed E-state index contributed by atoms with van der Waals surface area (Å²) in [5.74, 6) is -0.624. The van der Waals surface area contributed by atoms with E-state index >= 15 is 0 Å². The van der Waals surface area contributed by atoms with Crippen molar-refractivity contribution in [2.45, 2.75) is 19.8 Å². The molecule has 206 valence electrons. The Hall–Kier alpha value is -1.87. The number of nitrogens with two attached hydrogens (primary N) is 1. The summed E-state index contributed by atoms with van der Waals surface area (Å²) in [7, 11) is 0. The Labute approximate surface area is 208 Å². The Kier molecular flexibility index (Phi) is 25.3. The molecule has 0 atom stereocenters. The molecule has 13 nitrogen and oxygen atoms in total. The second-order valence-corrected chi connectivity index (χ2v) is 7.19. The lowest BCUT2D eigenvalue weighted by Gasteiger charge is -2.09. The van der Waals surface area contributed by atoms with Gasteiger partial charge in [-0.1, -0.05) is 13.3 Å². The second kappa shape index (κ2) is 26.7. The lowest BCUT2D eigenvalue weighted by atomic mass is 10.3. The monoisotopic (exact) mass is 508 g/mol. The summed E-state index contributed by atoms with van der Waals surface area (Å²) < 4.78 is 31.3. The van der Waals surface area contributed by atoms with E-state index in [4.69, 9.17) is 34.2 Å². The van der Waals surface area contributed by atoms with Crippen LogP contribution in [-0.2, 0) is 42.8 Å². The average Bonchev–Trinajstić information content (AvgIpc) is 2.84. The standard InChI is InChI=1S/C22H44N4O9/c1-2-3-5-24-20(27)17-34-15-12-31-9-7-26-22(29)19-35-16-13-32-10-6-25-21(28)18-33-14-11-30-8-4-23/h2-19,23H2,1H3,(H,24,27)(H,25,28)(H,26,29). The predicted molar refractivity (Wildman–Crippen MR) is 128 cm³/mol. The number of unbranched alkanes of at least 4 members (excludes halogenated alkanes) is 1. The maximum absolute atomic E-state index is 11.7.